The second-order valence-corrected chi connectivity index (χ2v) is 8.38. The van der Waals surface area contributed by atoms with E-state index in [4.69, 9.17) is 0 Å². The molecule has 0 radical (unpaired) electrons. The van der Waals surface area contributed by atoms with Crippen LogP contribution in [0.3, 0.4) is 0 Å². The molecule has 0 amide bonds. The van der Waals surface area contributed by atoms with Crippen LogP contribution >= 0.6 is 11.8 Å². The van der Waals surface area contributed by atoms with E-state index in [9.17, 15) is 4.79 Å². The number of carbonyl (C=O) groups is 1. The summed E-state index contributed by atoms with van der Waals surface area (Å²) in [5, 5.41) is 0. The molecule has 0 N–H and O–H groups in total. The van der Waals surface area contributed by atoms with Crippen molar-refractivity contribution in [2.45, 2.75) is 102 Å². The molecule has 0 spiro atoms. The third-order valence-corrected chi connectivity index (χ3v) is 5.88. The van der Waals surface area contributed by atoms with Crippen molar-refractivity contribution in [1.82, 2.24) is 0 Å². The van der Waals surface area contributed by atoms with Crippen LogP contribution in [0.1, 0.15) is 96.8 Å². The molecule has 2 heteroatoms. The quantitative estimate of drug-likeness (QED) is 0.118. The van der Waals surface area contributed by atoms with Crippen molar-refractivity contribution >= 4 is 18.0 Å². The van der Waals surface area contributed by atoms with E-state index in [2.05, 4.69) is 19.1 Å². The number of hydrogen-bond acceptors (Lipinski definition) is 2. The highest BCUT2D eigenvalue weighted by atomic mass is 32.2. The average Bonchev–Trinajstić information content (AvgIpc) is 2.66. The Bertz CT molecular complexity index is 466. The Morgan fingerprint density at radius 1 is 0.769 bits per heavy atom. The van der Waals surface area contributed by atoms with Crippen LogP contribution in [0.4, 0.5) is 0 Å². The van der Waals surface area contributed by atoms with Gasteiger partial charge in [-0.3, -0.25) is 4.79 Å². The van der Waals surface area contributed by atoms with Crippen molar-refractivity contribution < 1.29 is 4.79 Å². The molecule has 0 aliphatic rings. The van der Waals surface area contributed by atoms with Crippen LogP contribution in [0.25, 0.3) is 0 Å². The minimum Gasteiger partial charge on any atom is -0.299 e. The summed E-state index contributed by atoms with van der Waals surface area (Å²) < 4.78 is 0. The van der Waals surface area contributed by atoms with E-state index in [0.29, 0.717) is 0 Å². The molecule has 1 nitrogen and oxygen atoms in total. The molecule has 0 unspecified atom stereocenters. The number of benzene rings is 1. The molecule has 0 bridgehead atoms. The maximum atomic E-state index is 10.8. The normalized spacial score (nSPS) is 11.7. The van der Waals surface area contributed by atoms with E-state index in [0.717, 1.165) is 12.7 Å². The molecular formula is C24H38OS. The van der Waals surface area contributed by atoms with Gasteiger partial charge in [-0.15, -0.1) is 0 Å². The van der Waals surface area contributed by atoms with Gasteiger partial charge in [0.25, 0.3) is 0 Å². The van der Waals surface area contributed by atoms with Gasteiger partial charge in [-0.05, 0) is 36.0 Å². The molecule has 1 rings (SSSR count). The molecule has 0 saturated carbocycles. The average molecular weight is 375 g/mol. The SMILES string of the molecule is CCCCCCCCCCCCCCC/C(=C/C=O)Sc1ccccc1. The number of allylic oxidation sites excluding steroid dienone is 2. The topological polar surface area (TPSA) is 17.1 Å². The number of aldehydes is 1. The van der Waals surface area contributed by atoms with Gasteiger partial charge >= 0.3 is 0 Å². The van der Waals surface area contributed by atoms with Crippen LogP contribution in [0.5, 0.6) is 0 Å². The Labute approximate surface area is 166 Å². The molecule has 0 saturated heterocycles. The summed E-state index contributed by atoms with van der Waals surface area (Å²) in [5.74, 6) is 0. The Kier molecular flexibility index (Phi) is 15.4. The molecule has 1 aromatic carbocycles. The third kappa shape index (κ3) is 13.2. The van der Waals surface area contributed by atoms with Gasteiger partial charge in [0, 0.05) is 4.90 Å². The van der Waals surface area contributed by atoms with Crippen molar-refractivity contribution in [3.05, 3.63) is 41.3 Å². The molecule has 0 atom stereocenters. The van der Waals surface area contributed by atoms with E-state index >= 15 is 0 Å². The highest BCUT2D eigenvalue weighted by molar-refractivity contribution is 8.03. The van der Waals surface area contributed by atoms with E-state index in [1.165, 1.54) is 93.3 Å². The summed E-state index contributed by atoms with van der Waals surface area (Å²) in [6.45, 7) is 2.28. The summed E-state index contributed by atoms with van der Waals surface area (Å²) in [6, 6.07) is 10.3. The van der Waals surface area contributed by atoms with Gasteiger partial charge in [0.2, 0.25) is 0 Å². The van der Waals surface area contributed by atoms with Gasteiger partial charge in [0.1, 0.15) is 6.29 Å². The maximum absolute atomic E-state index is 10.8. The predicted molar refractivity (Wildman–Crippen MR) is 117 cm³/mol. The highest BCUT2D eigenvalue weighted by Gasteiger charge is 2.01. The summed E-state index contributed by atoms with van der Waals surface area (Å²) in [4.78, 5) is 13.3. The molecule has 0 fully saturated rings. The molecule has 1 aromatic rings. The summed E-state index contributed by atoms with van der Waals surface area (Å²) in [7, 11) is 0. The molecular weight excluding hydrogens is 336 g/mol. The first-order valence-electron chi connectivity index (χ1n) is 10.7. The van der Waals surface area contributed by atoms with Gasteiger partial charge in [-0.1, -0.05) is 114 Å². The minimum atomic E-state index is 0.924. The summed E-state index contributed by atoms with van der Waals surface area (Å²) >= 11 is 1.73. The van der Waals surface area contributed by atoms with E-state index < -0.39 is 0 Å². The van der Waals surface area contributed by atoms with Crippen LogP contribution < -0.4 is 0 Å². The second-order valence-electron chi connectivity index (χ2n) is 7.18. The Hall–Kier alpha value is -1.02. The molecule has 0 aliphatic heterocycles. The van der Waals surface area contributed by atoms with Crippen molar-refractivity contribution in [2.24, 2.45) is 0 Å². The van der Waals surface area contributed by atoms with Gasteiger partial charge < -0.3 is 0 Å². The fraction of sp³-hybridized carbons (Fsp3) is 0.625. The van der Waals surface area contributed by atoms with Gasteiger partial charge in [-0.2, -0.15) is 0 Å². The molecule has 26 heavy (non-hydrogen) atoms. The number of unbranched alkanes of at least 4 members (excludes halogenated alkanes) is 12. The van der Waals surface area contributed by atoms with E-state index in [-0.39, 0.29) is 0 Å². The van der Waals surface area contributed by atoms with E-state index in [1.54, 1.807) is 17.8 Å². The Balaban J connectivity index is 1.96. The minimum absolute atomic E-state index is 0.924. The van der Waals surface area contributed by atoms with Gasteiger partial charge in [0.05, 0.1) is 0 Å². The first-order valence-corrected chi connectivity index (χ1v) is 11.6. The lowest BCUT2D eigenvalue weighted by atomic mass is 10.0. The smallest absolute Gasteiger partial charge is 0.143 e. The molecule has 0 aliphatic carbocycles. The van der Waals surface area contributed by atoms with Crippen molar-refractivity contribution in [2.75, 3.05) is 0 Å². The lowest BCUT2D eigenvalue weighted by molar-refractivity contribution is -0.104. The Morgan fingerprint density at radius 3 is 1.77 bits per heavy atom. The first kappa shape index (κ1) is 23.0. The number of thioether (sulfide) groups is 1. The number of carbonyl (C=O) groups excluding carboxylic acids is 1. The van der Waals surface area contributed by atoms with Crippen LogP contribution in [0.2, 0.25) is 0 Å². The standard InChI is InChI=1S/C24H38OS/c1-2-3-4-5-6-7-8-9-10-11-12-13-15-20-24(21-22-25)26-23-18-16-14-17-19-23/h14,16-19,21-22H,2-13,15,20H2,1H3/b24-21-. The zero-order chi connectivity index (χ0) is 18.7. The summed E-state index contributed by atoms with van der Waals surface area (Å²) in [5.41, 5.74) is 0. The van der Waals surface area contributed by atoms with Crippen LogP contribution in [0.15, 0.2) is 46.2 Å². The molecule has 0 heterocycles. The first-order chi connectivity index (χ1) is 12.9. The third-order valence-electron chi connectivity index (χ3n) is 4.77. The largest absolute Gasteiger partial charge is 0.299 e. The van der Waals surface area contributed by atoms with Crippen LogP contribution in [-0.2, 0) is 4.79 Å². The summed E-state index contributed by atoms with van der Waals surface area (Å²) in [6.07, 6.45) is 21.6. The molecule has 146 valence electrons. The van der Waals surface area contributed by atoms with Gasteiger partial charge in [-0.25, -0.2) is 0 Å². The van der Waals surface area contributed by atoms with Crippen molar-refractivity contribution in [3.63, 3.8) is 0 Å². The van der Waals surface area contributed by atoms with Crippen LogP contribution in [-0.4, -0.2) is 6.29 Å². The van der Waals surface area contributed by atoms with Crippen molar-refractivity contribution in [1.29, 1.82) is 0 Å². The lowest BCUT2D eigenvalue weighted by Gasteiger charge is -2.07. The van der Waals surface area contributed by atoms with Crippen LogP contribution in [0, 0.1) is 0 Å². The zero-order valence-electron chi connectivity index (χ0n) is 16.8. The van der Waals surface area contributed by atoms with Crippen molar-refractivity contribution in [3.8, 4) is 0 Å². The maximum Gasteiger partial charge on any atom is 0.143 e. The molecule has 0 aromatic heterocycles. The lowest BCUT2D eigenvalue weighted by Crippen LogP contribution is -1.85. The van der Waals surface area contributed by atoms with Gasteiger partial charge in [0.15, 0.2) is 0 Å². The number of hydrogen-bond donors (Lipinski definition) is 0. The zero-order valence-corrected chi connectivity index (χ0v) is 17.6. The fourth-order valence-electron chi connectivity index (χ4n) is 3.20. The monoisotopic (exact) mass is 374 g/mol. The Morgan fingerprint density at radius 2 is 1.27 bits per heavy atom. The predicted octanol–water partition coefficient (Wildman–Crippen LogP) is 8.34. The highest BCUT2D eigenvalue weighted by Crippen LogP contribution is 2.29. The second kappa shape index (κ2) is 17.4. The van der Waals surface area contributed by atoms with E-state index in [1.807, 2.05) is 18.2 Å². The number of rotatable bonds is 17. The fourth-order valence-corrected chi connectivity index (χ4v) is 4.17.